The molecule has 3 heteroatoms. The molecule has 0 bridgehead atoms. The molecule has 1 atom stereocenters. The van der Waals surface area contributed by atoms with E-state index in [2.05, 4.69) is 31.1 Å². The summed E-state index contributed by atoms with van der Waals surface area (Å²) in [7, 11) is 0. The molecule has 0 spiro atoms. The van der Waals surface area contributed by atoms with E-state index in [9.17, 15) is 0 Å². The van der Waals surface area contributed by atoms with Crippen molar-refractivity contribution in [2.24, 2.45) is 10.9 Å². The van der Waals surface area contributed by atoms with Gasteiger partial charge in [0.1, 0.15) is 0 Å². The summed E-state index contributed by atoms with van der Waals surface area (Å²) in [4.78, 5) is 4.60. The fourth-order valence-corrected chi connectivity index (χ4v) is 2.80. The number of hydrogen-bond acceptors (Lipinski definition) is 2. The van der Waals surface area contributed by atoms with Gasteiger partial charge < -0.3 is 5.32 Å². The zero-order valence-electron chi connectivity index (χ0n) is 10.3. The Labute approximate surface area is 98.3 Å². The van der Waals surface area contributed by atoms with Crippen LogP contribution in [-0.2, 0) is 0 Å². The molecule has 1 saturated heterocycles. The highest BCUT2D eigenvalue weighted by Crippen LogP contribution is 2.19. The van der Waals surface area contributed by atoms with Crippen LogP contribution in [0.5, 0.6) is 0 Å². The van der Waals surface area contributed by atoms with Gasteiger partial charge in [-0.3, -0.25) is 4.99 Å². The third-order valence-corrected chi connectivity index (χ3v) is 3.83. The number of aliphatic imine (C=N–C) groups is 1. The predicted octanol–water partition coefficient (Wildman–Crippen LogP) is 3.28. The highest BCUT2D eigenvalue weighted by atomic mass is 32.2. The molecule has 1 fully saturated rings. The van der Waals surface area contributed by atoms with E-state index in [1.807, 2.05) is 11.8 Å². The van der Waals surface area contributed by atoms with Gasteiger partial charge in [0.05, 0.1) is 0 Å². The van der Waals surface area contributed by atoms with Crippen LogP contribution in [0.25, 0.3) is 0 Å². The molecule has 15 heavy (non-hydrogen) atoms. The number of rotatable bonds is 6. The van der Waals surface area contributed by atoms with E-state index in [1.165, 1.54) is 36.6 Å². The quantitative estimate of drug-likeness (QED) is 0.706. The zero-order valence-corrected chi connectivity index (χ0v) is 11.1. The summed E-state index contributed by atoms with van der Waals surface area (Å²) in [6.07, 6.45) is 5.22. The van der Waals surface area contributed by atoms with Crippen molar-refractivity contribution in [2.45, 2.75) is 52.5 Å². The van der Waals surface area contributed by atoms with Gasteiger partial charge in [0.25, 0.3) is 0 Å². The summed E-state index contributed by atoms with van der Waals surface area (Å²) in [5.74, 6) is 1.90. The van der Waals surface area contributed by atoms with Crippen LogP contribution < -0.4 is 5.32 Å². The molecular formula is C12H24N2S. The zero-order chi connectivity index (χ0) is 11.1. The molecule has 0 aromatic carbocycles. The van der Waals surface area contributed by atoms with Gasteiger partial charge >= 0.3 is 0 Å². The summed E-state index contributed by atoms with van der Waals surface area (Å²) in [5, 5.41) is 4.67. The number of unbranched alkanes of at least 4 members (excludes halogenated alkanes) is 3. The Morgan fingerprint density at radius 1 is 1.40 bits per heavy atom. The highest BCUT2D eigenvalue weighted by molar-refractivity contribution is 8.14. The first kappa shape index (κ1) is 12.9. The number of nitrogens with one attached hydrogen (secondary N) is 1. The third-order valence-electron chi connectivity index (χ3n) is 2.78. The van der Waals surface area contributed by atoms with E-state index in [0.29, 0.717) is 12.0 Å². The van der Waals surface area contributed by atoms with Crippen LogP contribution in [0.15, 0.2) is 4.99 Å². The minimum atomic E-state index is 0.629. The van der Waals surface area contributed by atoms with Crippen molar-refractivity contribution in [3.05, 3.63) is 0 Å². The van der Waals surface area contributed by atoms with Gasteiger partial charge in [-0.05, 0) is 12.3 Å². The first-order chi connectivity index (χ1) is 7.24. The molecule has 1 aliphatic heterocycles. The van der Waals surface area contributed by atoms with Gasteiger partial charge in [-0.2, -0.15) is 0 Å². The predicted molar refractivity (Wildman–Crippen MR) is 70.7 cm³/mol. The normalized spacial score (nSPS) is 23.7. The van der Waals surface area contributed by atoms with Crippen molar-refractivity contribution < 1.29 is 0 Å². The number of amidine groups is 1. The van der Waals surface area contributed by atoms with Crippen molar-refractivity contribution >= 4 is 16.9 Å². The van der Waals surface area contributed by atoms with E-state index in [4.69, 9.17) is 0 Å². The standard InChI is InChI=1S/C12H24N2S/c1-4-5-6-7-8-13-12-14-11(9-15-12)10(2)3/h10-11H,4-9H2,1-3H3,(H,13,14)/t11-/m1/s1. The lowest BCUT2D eigenvalue weighted by atomic mass is 10.1. The monoisotopic (exact) mass is 228 g/mol. The fourth-order valence-electron chi connectivity index (χ4n) is 1.58. The smallest absolute Gasteiger partial charge is 0.156 e. The van der Waals surface area contributed by atoms with Crippen molar-refractivity contribution in [3.63, 3.8) is 0 Å². The first-order valence-electron chi connectivity index (χ1n) is 6.17. The second kappa shape index (κ2) is 7.15. The number of nitrogens with zero attached hydrogens (tertiary/aromatic N) is 1. The first-order valence-corrected chi connectivity index (χ1v) is 7.16. The minimum Gasteiger partial charge on any atom is -0.361 e. The molecule has 1 rings (SSSR count). The van der Waals surface area contributed by atoms with E-state index < -0.39 is 0 Å². The largest absolute Gasteiger partial charge is 0.361 e. The summed E-state index contributed by atoms with van der Waals surface area (Å²) in [6, 6.07) is 0.629. The lowest BCUT2D eigenvalue weighted by molar-refractivity contribution is 0.503. The molecule has 0 radical (unpaired) electrons. The van der Waals surface area contributed by atoms with E-state index in [0.717, 1.165) is 6.54 Å². The molecule has 0 aromatic heterocycles. The van der Waals surface area contributed by atoms with Crippen LogP contribution in [0.2, 0.25) is 0 Å². The van der Waals surface area contributed by atoms with Crippen LogP contribution in [0.3, 0.4) is 0 Å². The van der Waals surface area contributed by atoms with Crippen LogP contribution in [0.1, 0.15) is 46.5 Å². The van der Waals surface area contributed by atoms with Crippen molar-refractivity contribution in [1.82, 2.24) is 5.32 Å². The number of thioether (sulfide) groups is 1. The van der Waals surface area contributed by atoms with Crippen LogP contribution in [0, 0.1) is 5.92 Å². The number of hydrogen-bond donors (Lipinski definition) is 1. The van der Waals surface area contributed by atoms with Gasteiger partial charge in [0.15, 0.2) is 5.17 Å². The Balaban J connectivity index is 2.13. The minimum absolute atomic E-state index is 0.629. The molecule has 0 unspecified atom stereocenters. The van der Waals surface area contributed by atoms with Crippen molar-refractivity contribution in [1.29, 1.82) is 0 Å². The summed E-state index contributed by atoms with van der Waals surface area (Å²) >= 11 is 1.88. The van der Waals surface area contributed by atoms with Gasteiger partial charge in [-0.1, -0.05) is 51.8 Å². The van der Waals surface area contributed by atoms with Gasteiger partial charge in [-0.25, -0.2) is 0 Å². The second-order valence-electron chi connectivity index (χ2n) is 4.55. The second-order valence-corrected chi connectivity index (χ2v) is 5.56. The molecule has 88 valence electrons. The lowest BCUT2D eigenvalue weighted by Gasteiger charge is -2.13. The van der Waals surface area contributed by atoms with Crippen molar-refractivity contribution in [2.75, 3.05) is 12.3 Å². The average molecular weight is 228 g/mol. The Hall–Kier alpha value is -0.180. The SMILES string of the molecule is CCCCCCN=C1N[C@@H](C(C)C)CS1. The Morgan fingerprint density at radius 2 is 2.20 bits per heavy atom. The summed E-state index contributed by atoms with van der Waals surface area (Å²) < 4.78 is 0. The molecular weight excluding hydrogens is 204 g/mol. The fraction of sp³-hybridized carbons (Fsp3) is 0.917. The Kier molecular flexibility index (Phi) is 6.15. The molecule has 0 saturated carbocycles. The molecule has 1 N–H and O–H groups in total. The van der Waals surface area contributed by atoms with Gasteiger partial charge in [-0.15, -0.1) is 0 Å². The summed E-state index contributed by atoms with van der Waals surface area (Å²) in [5.41, 5.74) is 0. The van der Waals surface area contributed by atoms with E-state index in [-0.39, 0.29) is 0 Å². The van der Waals surface area contributed by atoms with Crippen LogP contribution in [0.4, 0.5) is 0 Å². The Bertz CT molecular complexity index is 202. The van der Waals surface area contributed by atoms with E-state index in [1.54, 1.807) is 0 Å². The third kappa shape index (κ3) is 4.92. The average Bonchev–Trinajstić information content (AvgIpc) is 2.66. The van der Waals surface area contributed by atoms with Crippen molar-refractivity contribution in [3.8, 4) is 0 Å². The maximum atomic E-state index is 4.60. The van der Waals surface area contributed by atoms with Crippen LogP contribution in [-0.4, -0.2) is 23.5 Å². The molecule has 0 aliphatic carbocycles. The van der Waals surface area contributed by atoms with Gasteiger partial charge in [0, 0.05) is 18.3 Å². The Morgan fingerprint density at radius 3 is 2.80 bits per heavy atom. The maximum Gasteiger partial charge on any atom is 0.156 e. The van der Waals surface area contributed by atoms with Crippen LogP contribution >= 0.6 is 11.8 Å². The highest BCUT2D eigenvalue weighted by Gasteiger charge is 2.22. The summed E-state index contributed by atoms with van der Waals surface area (Å²) in [6.45, 7) is 7.78. The molecule has 2 nitrogen and oxygen atoms in total. The maximum absolute atomic E-state index is 4.60. The topological polar surface area (TPSA) is 24.4 Å². The molecule has 1 heterocycles. The van der Waals surface area contributed by atoms with E-state index >= 15 is 0 Å². The molecule has 0 amide bonds. The lowest BCUT2D eigenvalue weighted by Crippen LogP contribution is -2.31. The molecule has 1 aliphatic rings. The molecule has 0 aromatic rings. The van der Waals surface area contributed by atoms with Gasteiger partial charge in [0.2, 0.25) is 0 Å².